The molecule has 0 aromatic carbocycles. The molecule has 0 unspecified atom stereocenters. The highest BCUT2D eigenvalue weighted by Crippen LogP contribution is 2.18. The third-order valence-corrected chi connectivity index (χ3v) is 2.32. The zero-order chi connectivity index (χ0) is 8.81. The largest absolute Gasteiger partial charge is 0.381 e. The Morgan fingerprint density at radius 1 is 1.33 bits per heavy atom. The van der Waals surface area contributed by atoms with Gasteiger partial charge in [-0.2, -0.15) is 0 Å². The zero-order valence-corrected chi connectivity index (χ0v) is 8.21. The molecule has 0 radical (unpaired) electrons. The summed E-state index contributed by atoms with van der Waals surface area (Å²) in [6.07, 6.45) is 4.04. The highest BCUT2D eigenvalue weighted by Gasteiger charge is 2.13. The van der Waals surface area contributed by atoms with E-state index in [1.807, 2.05) is 0 Å². The van der Waals surface area contributed by atoms with Crippen LogP contribution in [0.4, 0.5) is 0 Å². The molecule has 1 aliphatic heterocycles. The molecule has 2 heteroatoms. The third-order valence-electron chi connectivity index (χ3n) is 2.32. The van der Waals surface area contributed by atoms with Crippen LogP contribution in [0.15, 0.2) is 0 Å². The summed E-state index contributed by atoms with van der Waals surface area (Å²) >= 11 is 0. The maximum absolute atomic E-state index is 5.50. The van der Waals surface area contributed by atoms with Crippen molar-refractivity contribution in [2.75, 3.05) is 19.8 Å². The van der Waals surface area contributed by atoms with Crippen molar-refractivity contribution in [3.8, 4) is 0 Å². The molecule has 12 heavy (non-hydrogen) atoms. The first kappa shape index (κ1) is 10.0. The van der Waals surface area contributed by atoms with Gasteiger partial charge in [-0.25, -0.2) is 0 Å². The van der Waals surface area contributed by atoms with Gasteiger partial charge in [0.2, 0.25) is 0 Å². The Hall–Kier alpha value is -0.0800. The fourth-order valence-electron chi connectivity index (χ4n) is 1.51. The van der Waals surface area contributed by atoms with Crippen molar-refractivity contribution in [2.24, 2.45) is 5.92 Å². The van der Waals surface area contributed by atoms with Crippen LogP contribution in [0.2, 0.25) is 0 Å². The molecule has 0 bridgehead atoms. The second-order valence-electron chi connectivity index (χ2n) is 3.76. The molecule has 0 atom stereocenters. The van der Waals surface area contributed by atoms with Crippen molar-refractivity contribution >= 4 is 0 Å². The van der Waals surface area contributed by atoms with Gasteiger partial charge in [-0.15, -0.1) is 0 Å². The summed E-state index contributed by atoms with van der Waals surface area (Å²) in [4.78, 5) is 0. The molecule has 72 valence electrons. The molecule has 0 amide bonds. The normalized spacial score (nSPS) is 20.2. The first-order valence-electron chi connectivity index (χ1n) is 4.98. The molecule has 0 aliphatic carbocycles. The molecular formula is C10H20O2. The molecule has 1 heterocycles. The van der Waals surface area contributed by atoms with Crippen molar-refractivity contribution in [3.05, 3.63) is 0 Å². The molecule has 0 spiro atoms. The Labute approximate surface area is 75.2 Å². The first-order chi connectivity index (χ1) is 5.79. The van der Waals surface area contributed by atoms with Gasteiger partial charge in [-0.1, -0.05) is 0 Å². The van der Waals surface area contributed by atoms with Crippen LogP contribution < -0.4 is 0 Å². The monoisotopic (exact) mass is 172 g/mol. The van der Waals surface area contributed by atoms with Crippen LogP contribution in [-0.2, 0) is 9.47 Å². The Morgan fingerprint density at radius 3 is 2.58 bits per heavy atom. The molecule has 0 aromatic heterocycles. The summed E-state index contributed by atoms with van der Waals surface area (Å²) in [5, 5.41) is 0. The van der Waals surface area contributed by atoms with Crippen LogP contribution in [0.1, 0.15) is 33.1 Å². The molecular weight excluding hydrogens is 152 g/mol. The van der Waals surface area contributed by atoms with Gasteiger partial charge in [0.15, 0.2) is 0 Å². The second-order valence-corrected chi connectivity index (χ2v) is 3.76. The SMILES string of the molecule is CC(C)OCCC1CCOCC1. The van der Waals surface area contributed by atoms with Crippen molar-refractivity contribution in [3.63, 3.8) is 0 Å². The summed E-state index contributed by atoms with van der Waals surface area (Å²) in [7, 11) is 0. The second kappa shape index (κ2) is 5.55. The highest BCUT2D eigenvalue weighted by atomic mass is 16.5. The Morgan fingerprint density at radius 2 is 2.00 bits per heavy atom. The van der Waals surface area contributed by atoms with Gasteiger partial charge in [-0.05, 0) is 39.0 Å². The Kier molecular flexibility index (Phi) is 4.62. The Bertz CT molecular complexity index is 106. The summed E-state index contributed by atoms with van der Waals surface area (Å²) in [5.41, 5.74) is 0. The van der Waals surface area contributed by atoms with E-state index in [1.54, 1.807) is 0 Å². The van der Waals surface area contributed by atoms with Crippen LogP contribution >= 0.6 is 0 Å². The van der Waals surface area contributed by atoms with E-state index in [0.717, 1.165) is 25.7 Å². The van der Waals surface area contributed by atoms with Crippen molar-refractivity contribution < 1.29 is 9.47 Å². The Balaban J connectivity index is 1.98. The van der Waals surface area contributed by atoms with Crippen LogP contribution in [0.5, 0.6) is 0 Å². The van der Waals surface area contributed by atoms with Gasteiger partial charge in [0.1, 0.15) is 0 Å². The van der Waals surface area contributed by atoms with Crippen molar-refractivity contribution in [1.29, 1.82) is 0 Å². The average Bonchev–Trinajstić information content (AvgIpc) is 2.05. The minimum absolute atomic E-state index is 0.379. The number of hydrogen-bond acceptors (Lipinski definition) is 2. The van der Waals surface area contributed by atoms with Gasteiger partial charge >= 0.3 is 0 Å². The van der Waals surface area contributed by atoms with Crippen LogP contribution in [0, 0.1) is 5.92 Å². The lowest BCUT2D eigenvalue weighted by atomic mass is 9.97. The maximum atomic E-state index is 5.50. The van der Waals surface area contributed by atoms with Crippen LogP contribution in [0.3, 0.4) is 0 Å². The van der Waals surface area contributed by atoms with E-state index in [2.05, 4.69) is 13.8 Å². The zero-order valence-electron chi connectivity index (χ0n) is 8.21. The summed E-state index contributed by atoms with van der Waals surface area (Å²) < 4.78 is 10.8. The predicted molar refractivity (Wildman–Crippen MR) is 49.2 cm³/mol. The van der Waals surface area contributed by atoms with Gasteiger partial charge in [-0.3, -0.25) is 0 Å². The average molecular weight is 172 g/mol. The maximum Gasteiger partial charge on any atom is 0.0518 e. The fourth-order valence-corrected chi connectivity index (χ4v) is 1.51. The van der Waals surface area contributed by atoms with Crippen molar-refractivity contribution in [2.45, 2.75) is 39.2 Å². The topological polar surface area (TPSA) is 18.5 Å². The molecule has 0 saturated carbocycles. The number of ether oxygens (including phenoxy) is 2. The standard InChI is InChI=1S/C10H20O2/c1-9(2)12-8-5-10-3-6-11-7-4-10/h9-10H,3-8H2,1-2H3. The van der Waals surface area contributed by atoms with E-state index in [4.69, 9.17) is 9.47 Å². The van der Waals surface area contributed by atoms with E-state index in [1.165, 1.54) is 19.3 Å². The van der Waals surface area contributed by atoms with Gasteiger partial charge in [0, 0.05) is 19.8 Å². The number of rotatable bonds is 4. The molecule has 2 nitrogen and oxygen atoms in total. The summed E-state index contributed by atoms with van der Waals surface area (Å²) in [6, 6.07) is 0. The lowest BCUT2D eigenvalue weighted by Gasteiger charge is -2.22. The van der Waals surface area contributed by atoms with E-state index >= 15 is 0 Å². The molecule has 1 saturated heterocycles. The molecule has 0 N–H and O–H groups in total. The molecule has 0 aromatic rings. The van der Waals surface area contributed by atoms with E-state index in [-0.39, 0.29) is 0 Å². The van der Waals surface area contributed by atoms with Crippen molar-refractivity contribution in [1.82, 2.24) is 0 Å². The van der Waals surface area contributed by atoms with Crippen LogP contribution in [0.25, 0.3) is 0 Å². The van der Waals surface area contributed by atoms with Crippen LogP contribution in [-0.4, -0.2) is 25.9 Å². The van der Waals surface area contributed by atoms with E-state index in [0.29, 0.717) is 6.10 Å². The van der Waals surface area contributed by atoms with Gasteiger partial charge in [0.05, 0.1) is 6.10 Å². The summed E-state index contributed by atoms with van der Waals surface area (Å²) in [5.74, 6) is 0.845. The molecule has 1 fully saturated rings. The highest BCUT2D eigenvalue weighted by molar-refractivity contribution is 4.62. The van der Waals surface area contributed by atoms with E-state index in [9.17, 15) is 0 Å². The van der Waals surface area contributed by atoms with Gasteiger partial charge < -0.3 is 9.47 Å². The predicted octanol–water partition coefficient (Wildman–Crippen LogP) is 2.23. The lowest BCUT2D eigenvalue weighted by molar-refractivity contribution is 0.0331. The van der Waals surface area contributed by atoms with E-state index < -0.39 is 0 Å². The van der Waals surface area contributed by atoms with Gasteiger partial charge in [0.25, 0.3) is 0 Å². The fraction of sp³-hybridized carbons (Fsp3) is 1.00. The minimum atomic E-state index is 0.379. The number of hydrogen-bond donors (Lipinski definition) is 0. The molecule has 1 rings (SSSR count). The quantitative estimate of drug-likeness (QED) is 0.647. The summed E-state index contributed by atoms with van der Waals surface area (Å²) in [6.45, 7) is 7.00. The molecule has 1 aliphatic rings. The first-order valence-corrected chi connectivity index (χ1v) is 4.98. The smallest absolute Gasteiger partial charge is 0.0518 e. The lowest BCUT2D eigenvalue weighted by Crippen LogP contribution is -2.18. The third kappa shape index (κ3) is 4.07. The minimum Gasteiger partial charge on any atom is -0.381 e.